The zero-order valence-electron chi connectivity index (χ0n) is 15.2. The first kappa shape index (κ1) is 18.5. The molecular formula is C21H26N4. The molecule has 0 spiro atoms. The van der Waals surface area contributed by atoms with E-state index in [4.69, 9.17) is 5.26 Å². The van der Waals surface area contributed by atoms with Crippen LogP contribution < -0.4 is 10.6 Å². The highest BCUT2D eigenvalue weighted by atomic mass is 15.2. The highest BCUT2D eigenvalue weighted by molar-refractivity contribution is 5.80. The lowest BCUT2D eigenvalue weighted by molar-refractivity contribution is 0.550. The van der Waals surface area contributed by atoms with Crippen molar-refractivity contribution in [3.8, 4) is 6.07 Å². The second-order valence-corrected chi connectivity index (χ2v) is 6.14. The number of hydrogen-bond acceptors (Lipinski definition) is 2. The molecule has 25 heavy (non-hydrogen) atoms. The van der Waals surface area contributed by atoms with Crippen LogP contribution in [-0.4, -0.2) is 18.5 Å². The molecule has 2 aromatic carbocycles. The van der Waals surface area contributed by atoms with Crippen molar-refractivity contribution in [1.82, 2.24) is 10.6 Å². The van der Waals surface area contributed by atoms with E-state index < -0.39 is 0 Å². The first-order valence-corrected chi connectivity index (χ1v) is 8.73. The third-order valence-corrected chi connectivity index (χ3v) is 4.29. The van der Waals surface area contributed by atoms with Gasteiger partial charge in [0.25, 0.3) is 0 Å². The summed E-state index contributed by atoms with van der Waals surface area (Å²) in [6.07, 6.45) is 0. The largest absolute Gasteiger partial charge is 0.357 e. The molecule has 0 fully saturated rings. The third-order valence-electron chi connectivity index (χ3n) is 4.29. The molecule has 0 aliphatic heterocycles. The minimum absolute atomic E-state index is 0.251. The van der Waals surface area contributed by atoms with Gasteiger partial charge < -0.3 is 10.6 Å². The molecule has 2 aromatic rings. The molecule has 2 N–H and O–H groups in total. The molecule has 0 aliphatic carbocycles. The molecule has 2 atom stereocenters. The van der Waals surface area contributed by atoms with E-state index in [2.05, 4.69) is 66.7 Å². The molecule has 4 heteroatoms. The Morgan fingerprint density at radius 3 is 2.36 bits per heavy atom. The van der Waals surface area contributed by atoms with Crippen LogP contribution in [0.3, 0.4) is 0 Å². The zero-order chi connectivity index (χ0) is 18.1. The standard InChI is InChI=1S/C21H26N4/c1-4-23-21(24-15-19-12-10-18(14-22)11-13-19)25-17(3)16(2)20-8-6-5-7-9-20/h5-13,16-17H,4,15H2,1-3H3,(H2,23,24,25). The number of benzene rings is 2. The van der Waals surface area contributed by atoms with E-state index in [0.717, 1.165) is 18.1 Å². The second-order valence-electron chi connectivity index (χ2n) is 6.14. The van der Waals surface area contributed by atoms with Crippen LogP contribution in [0.15, 0.2) is 59.6 Å². The van der Waals surface area contributed by atoms with Crippen LogP contribution in [0.5, 0.6) is 0 Å². The van der Waals surface area contributed by atoms with Crippen molar-refractivity contribution < 1.29 is 0 Å². The lowest BCUT2D eigenvalue weighted by Crippen LogP contribution is -2.44. The number of nitrogens with zero attached hydrogens (tertiary/aromatic N) is 2. The maximum absolute atomic E-state index is 8.86. The van der Waals surface area contributed by atoms with Gasteiger partial charge in [-0.05, 0) is 37.1 Å². The maximum atomic E-state index is 8.86. The number of aliphatic imine (C=N–C) groups is 1. The topological polar surface area (TPSA) is 60.2 Å². The first-order chi connectivity index (χ1) is 12.1. The van der Waals surface area contributed by atoms with E-state index in [1.165, 1.54) is 5.56 Å². The van der Waals surface area contributed by atoms with Crippen molar-refractivity contribution in [2.24, 2.45) is 4.99 Å². The highest BCUT2D eigenvalue weighted by Crippen LogP contribution is 2.18. The zero-order valence-corrected chi connectivity index (χ0v) is 15.2. The molecule has 0 aromatic heterocycles. The second kappa shape index (κ2) is 9.48. The van der Waals surface area contributed by atoms with Crippen molar-refractivity contribution in [1.29, 1.82) is 5.26 Å². The van der Waals surface area contributed by atoms with Gasteiger partial charge in [0, 0.05) is 18.5 Å². The minimum atomic E-state index is 0.251. The summed E-state index contributed by atoms with van der Waals surface area (Å²) in [5.41, 5.74) is 3.06. The van der Waals surface area contributed by atoms with Crippen LogP contribution in [0, 0.1) is 11.3 Å². The molecule has 0 saturated carbocycles. The molecule has 0 heterocycles. The minimum Gasteiger partial charge on any atom is -0.357 e. The summed E-state index contributed by atoms with van der Waals surface area (Å²) in [6.45, 7) is 7.84. The molecule has 2 unspecified atom stereocenters. The van der Waals surface area contributed by atoms with Crippen LogP contribution in [0.1, 0.15) is 43.4 Å². The smallest absolute Gasteiger partial charge is 0.191 e. The molecule has 0 aliphatic rings. The van der Waals surface area contributed by atoms with E-state index in [1.54, 1.807) is 0 Å². The molecule has 0 bridgehead atoms. The molecule has 0 saturated heterocycles. The summed E-state index contributed by atoms with van der Waals surface area (Å²) in [4.78, 5) is 4.67. The summed E-state index contributed by atoms with van der Waals surface area (Å²) >= 11 is 0. The number of guanidine groups is 1. The summed E-state index contributed by atoms with van der Waals surface area (Å²) in [6, 6.07) is 20.4. The molecular weight excluding hydrogens is 308 g/mol. The molecule has 4 nitrogen and oxygen atoms in total. The van der Waals surface area contributed by atoms with Gasteiger partial charge in [-0.1, -0.05) is 49.4 Å². The number of hydrogen-bond donors (Lipinski definition) is 2. The van der Waals surface area contributed by atoms with Crippen LogP contribution in [0.2, 0.25) is 0 Å². The van der Waals surface area contributed by atoms with Gasteiger partial charge in [-0.3, -0.25) is 0 Å². The normalized spacial score (nSPS) is 13.6. The number of nitriles is 1. The summed E-state index contributed by atoms with van der Waals surface area (Å²) in [5.74, 6) is 1.18. The predicted octanol–water partition coefficient (Wildman–Crippen LogP) is 3.81. The Hall–Kier alpha value is -2.80. The van der Waals surface area contributed by atoms with Crippen LogP contribution >= 0.6 is 0 Å². The Labute approximate surface area is 150 Å². The summed E-state index contributed by atoms with van der Waals surface area (Å²) in [7, 11) is 0. The van der Waals surface area contributed by atoms with Gasteiger partial charge >= 0.3 is 0 Å². The van der Waals surface area contributed by atoms with Crippen LogP contribution in [-0.2, 0) is 6.54 Å². The monoisotopic (exact) mass is 334 g/mol. The van der Waals surface area contributed by atoms with Gasteiger partial charge in [-0.2, -0.15) is 5.26 Å². The summed E-state index contributed by atoms with van der Waals surface area (Å²) < 4.78 is 0. The maximum Gasteiger partial charge on any atom is 0.191 e. The predicted molar refractivity (Wildman–Crippen MR) is 103 cm³/mol. The van der Waals surface area contributed by atoms with E-state index in [-0.39, 0.29) is 6.04 Å². The SMILES string of the molecule is CCNC(=NCc1ccc(C#N)cc1)NC(C)C(C)c1ccccc1. The molecule has 0 radical (unpaired) electrons. The Kier molecular flexibility index (Phi) is 7.03. The van der Waals surface area contributed by atoms with Gasteiger partial charge in [0.2, 0.25) is 0 Å². The van der Waals surface area contributed by atoms with Crippen LogP contribution in [0.25, 0.3) is 0 Å². The first-order valence-electron chi connectivity index (χ1n) is 8.73. The van der Waals surface area contributed by atoms with Gasteiger partial charge in [-0.15, -0.1) is 0 Å². The number of nitrogens with one attached hydrogen (secondary N) is 2. The van der Waals surface area contributed by atoms with Crippen molar-refractivity contribution in [2.75, 3.05) is 6.54 Å². The average molecular weight is 334 g/mol. The summed E-state index contributed by atoms with van der Waals surface area (Å²) in [5, 5.41) is 15.7. The fourth-order valence-electron chi connectivity index (χ4n) is 2.56. The van der Waals surface area contributed by atoms with Gasteiger partial charge in [-0.25, -0.2) is 4.99 Å². The van der Waals surface area contributed by atoms with Gasteiger partial charge in [0.15, 0.2) is 5.96 Å². The average Bonchev–Trinajstić information content (AvgIpc) is 2.66. The lowest BCUT2D eigenvalue weighted by Gasteiger charge is -2.24. The number of rotatable bonds is 6. The van der Waals surface area contributed by atoms with Crippen molar-refractivity contribution >= 4 is 5.96 Å². The Bertz CT molecular complexity index is 714. The molecule has 0 amide bonds. The van der Waals surface area contributed by atoms with E-state index in [9.17, 15) is 0 Å². The fraction of sp³-hybridized carbons (Fsp3) is 0.333. The molecule has 130 valence electrons. The highest BCUT2D eigenvalue weighted by Gasteiger charge is 2.15. The van der Waals surface area contributed by atoms with E-state index in [1.807, 2.05) is 30.3 Å². The Morgan fingerprint density at radius 1 is 1.08 bits per heavy atom. The van der Waals surface area contributed by atoms with Crippen molar-refractivity contribution in [3.63, 3.8) is 0 Å². The fourth-order valence-corrected chi connectivity index (χ4v) is 2.56. The van der Waals surface area contributed by atoms with Crippen molar-refractivity contribution in [3.05, 3.63) is 71.3 Å². The van der Waals surface area contributed by atoms with E-state index >= 15 is 0 Å². The van der Waals surface area contributed by atoms with Crippen LogP contribution in [0.4, 0.5) is 0 Å². The quantitative estimate of drug-likeness (QED) is 0.624. The lowest BCUT2D eigenvalue weighted by atomic mass is 9.94. The Balaban J connectivity index is 2.02. The van der Waals surface area contributed by atoms with Gasteiger partial charge in [0.1, 0.15) is 0 Å². The molecule has 2 rings (SSSR count). The Morgan fingerprint density at radius 2 is 1.76 bits per heavy atom. The van der Waals surface area contributed by atoms with Crippen molar-refractivity contribution in [2.45, 2.75) is 39.3 Å². The van der Waals surface area contributed by atoms with Gasteiger partial charge in [0.05, 0.1) is 18.2 Å². The third kappa shape index (κ3) is 5.65. The van der Waals surface area contributed by atoms with E-state index in [0.29, 0.717) is 18.0 Å².